The molecule has 0 aromatic carbocycles. The summed E-state index contributed by atoms with van der Waals surface area (Å²) in [6.07, 6.45) is 5.32. The first-order valence-electron chi connectivity index (χ1n) is 15.8. The van der Waals surface area contributed by atoms with Crippen LogP contribution in [0.3, 0.4) is 0 Å². The predicted molar refractivity (Wildman–Crippen MR) is 189 cm³/mol. The van der Waals surface area contributed by atoms with Crippen LogP contribution in [0.15, 0.2) is 37.1 Å². The summed E-state index contributed by atoms with van der Waals surface area (Å²) in [6.45, 7) is 24.4. The van der Waals surface area contributed by atoms with Crippen LogP contribution in [-0.2, 0) is 10.2 Å². The lowest BCUT2D eigenvalue weighted by atomic mass is 9.91. The fourth-order valence-corrected chi connectivity index (χ4v) is 6.33. The third kappa shape index (κ3) is 8.33. The molecule has 0 amide bonds. The van der Waals surface area contributed by atoms with Crippen LogP contribution in [0.5, 0.6) is 0 Å². The number of aryl methyl sites for hydroxylation is 1. The normalized spacial score (nSPS) is 19.3. The fraction of sp³-hybridized carbons (Fsp3) is 0.629. The molecule has 2 fully saturated rings. The van der Waals surface area contributed by atoms with E-state index in [1.165, 1.54) is 6.20 Å². The largest absolute Gasteiger partial charge is 0.370 e. The second kappa shape index (κ2) is 15.4. The van der Waals surface area contributed by atoms with Gasteiger partial charge in [0, 0.05) is 83.2 Å². The molecule has 0 bridgehead atoms. The zero-order valence-corrected chi connectivity index (χ0v) is 26.9. The van der Waals surface area contributed by atoms with Crippen molar-refractivity contribution < 1.29 is 10.6 Å². The minimum atomic E-state index is -0.283. The Morgan fingerprint density at radius 1 is 1.09 bits per heavy atom. The Balaban J connectivity index is 0.00000245. The summed E-state index contributed by atoms with van der Waals surface area (Å²) in [5.41, 5.74) is 3.27. The topological polar surface area (TPSA) is 65.3 Å². The predicted octanol–water partition coefficient (Wildman–Crippen LogP) is 6.60. The molecule has 5 heterocycles. The van der Waals surface area contributed by atoms with Crippen molar-refractivity contribution in [3.05, 3.63) is 54.3 Å². The fourth-order valence-electron chi connectivity index (χ4n) is 6.33. The van der Waals surface area contributed by atoms with Gasteiger partial charge in [-0.05, 0) is 38.8 Å². The van der Waals surface area contributed by atoms with Crippen molar-refractivity contribution in [1.29, 1.82) is 0 Å². The van der Waals surface area contributed by atoms with E-state index < -0.39 is 0 Å². The van der Waals surface area contributed by atoms with Gasteiger partial charge in [0.05, 0.1) is 24.1 Å². The highest BCUT2D eigenvalue weighted by Crippen LogP contribution is 2.32. The van der Waals surface area contributed by atoms with E-state index in [1.54, 1.807) is 4.52 Å². The highest BCUT2D eigenvalue weighted by atomic mass is 19.1. The lowest BCUT2D eigenvalue weighted by molar-refractivity contribution is -0.0327. The second-order valence-electron chi connectivity index (χ2n) is 13.1. The maximum Gasteiger partial charge on any atom is 0.227 e. The average molecular weight is 627 g/mol. The monoisotopic (exact) mass is 626 g/mol. The van der Waals surface area contributed by atoms with E-state index in [0.29, 0.717) is 12.1 Å². The number of ether oxygens (including phenoxy) is 1. The number of rotatable bonds is 10. The van der Waals surface area contributed by atoms with E-state index in [4.69, 9.17) is 14.7 Å². The lowest BCUT2D eigenvalue weighted by Crippen LogP contribution is -2.54. The number of nitrogens with zero attached hydrogens (tertiary/aromatic N) is 8. The molecule has 45 heavy (non-hydrogen) atoms. The van der Waals surface area contributed by atoms with Crippen molar-refractivity contribution in [2.24, 2.45) is 0 Å². The molecule has 3 aromatic heterocycles. The molecule has 0 aliphatic carbocycles. The zero-order valence-electron chi connectivity index (χ0n) is 26.9. The van der Waals surface area contributed by atoms with Crippen molar-refractivity contribution in [2.75, 3.05) is 73.6 Å². The number of halogens is 1. The maximum absolute atomic E-state index is 15.1. The highest BCUT2D eigenvalue weighted by molar-refractivity contribution is 5.74. The van der Waals surface area contributed by atoms with Crippen LogP contribution in [-0.4, -0.2) is 95.6 Å². The molecule has 252 valence electrons. The Labute approximate surface area is 272 Å². The molecular formula is C35H59FN8O. The van der Waals surface area contributed by atoms with E-state index in [9.17, 15) is 0 Å². The van der Waals surface area contributed by atoms with E-state index in [1.807, 2.05) is 6.08 Å². The number of pyridine rings is 1. The van der Waals surface area contributed by atoms with E-state index in [-0.39, 0.29) is 39.7 Å². The van der Waals surface area contributed by atoms with Gasteiger partial charge in [-0.2, -0.15) is 10.1 Å². The minimum absolute atomic E-state index is 0. The maximum atomic E-state index is 15.1. The van der Waals surface area contributed by atoms with Crippen molar-refractivity contribution >= 4 is 23.0 Å². The summed E-state index contributed by atoms with van der Waals surface area (Å²) in [7, 11) is 0. The number of aromatic nitrogens is 4. The summed E-state index contributed by atoms with van der Waals surface area (Å²) in [5, 5.41) is 4.40. The zero-order chi connectivity index (χ0) is 30.7. The summed E-state index contributed by atoms with van der Waals surface area (Å²) < 4.78 is 23.3. The second-order valence-corrected chi connectivity index (χ2v) is 13.1. The van der Waals surface area contributed by atoms with Crippen molar-refractivity contribution in [1.82, 2.24) is 24.5 Å². The Morgan fingerprint density at radius 2 is 1.82 bits per heavy atom. The van der Waals surface area contributed by atoms with Gasteiger partial charge in [0.1, 0.15) is 11.3 Å². The Kier molecular flexibility index (Phi) is 12.4. The smallest absolute Gasteiger partial charge is 0.227 e. The number of fused-ring (bicyclic) bond motifs is 1. The van der Waals surface area contributed by atoms with Gasteiger partial charge in [0.25, 0.3) is 0 Å². The van der Waals surface area contributed by atoms with Gasteiger partial charge in [0.2, 0.25) is 5.95 Å². The van der Waals surface area contributed by atoms with Crippen LogP contribution >= 0.6 is 0 Å². The lowest BCUT2D eigenvalue weighted by Gasteiger charge is -2.42. The molecular weight excluding hydrogens is 567 g/mol. The first kappa shape index (κ1) is 36.2. The number of anilines is 3. The van der Waals surface area contributed by atoms with Crippen LogP contribution in [0.25, 0.3) is 5.52 Å². The van der Waals surface area contributed by atoms with Gasteiger partial charge >= 0.3 is 0 Å². The molecule has 9 nitrogen and oxygen atoms in total. The number of morpholine rings is 1. The molecule has 0 spiro atoms. The van der Waals surface area contributed by atoms with Crippen molar-refractivity contribution in [3.8, 4) is 0 Å². The highest BCUT2D eigenvalue weighted by Gasteiger charge is 2.31. The molecule has 2 saturated heterocycles. The minimum Gasteiger partial charge on any atom is -0.370 e. The molecule has 2 aliphatic heterocycles. The van der Waals surface area contributed by atoms with E-state index in [0.717, 1.165) is 94.0 Å². The van der Waals surface area contributed by atoms with Crippen LogP contribution in [0.1, 0.15) is 75.1 Å². The SMILES string of the molecule is C.C.C=CCCN(CCC)c1nc(C)cc(N2CCN(C[C@H]3CN(c4ccc(C(C)(C)C)n5ncc(F)c45)C[C@@H](C)O3)CC2)n1.[HH]. The number of piperazine rings is 1. The van der Waals surface area contributed by atoms with Gasteiger partial charge in [-0.1, -0.05) is 48.6 Å². The van der Waals surface area contributed by atoms with Crippen molar-refractivity contribution in [2.45, 2.75) is 86.9 Å². The first-order valence-corrected chi connectivity index (χ1v) is 15.8. The molecule has 10 heteroatoms. The molecule has 5 rings (SSSR count). The molecule has 3 aromatic rings. The van der Waals surface area contributed by atoms with Gasteiger partial charge < -0.3 is 19.4 Å². The van der Waals surface area contributed by atoms with Gasteiger partial charge in [-0.15, -0.1) is 6.58 Å². The summed E-state index contributed by atoms with van der Waals surface area (Å²) in [6, 6.07) is 6.25. The van der Waals surface area contributed by atoms with Crippen molar-refractivity contribution in [3.63, 3.8) is 0 Å². The summed E-state index contributed by atoms with van der Waals surface area (Å²) in [5.74, 6) is 1.53. The third-order valence-electron chi connectivity index (χ3n) is 8.40. The summed E-state index contributed by atoms with van der Waals surface area (Å²) >= 11 is 0. The van der Waals surface area contributed by atoms with E-state index in [2.05, 4.69) is 91.0 Å². The van der Waals surface area contributed by atoms with Crippen LogP contribution < -0.4 is 14.7 Å². The quantitative estimate of drug-likeness (QED) is 0.234. The van der Waals surface area contributed by atoms with Gasteiger partial charge in [-0.3, -0.25) is 4.90 Å². The number of hydrogen-bond acceptors (Lipinski definition) is 8. The van der Waals surface area contributed by atoms with Crippen LogP contribution in [0, 0.1) is 12.7 Å². The molecule has 0 saturated carbocycles. The van der Waals surface area contributed by atoms with Gasteiger partial charge in [0.15, 0.2) is 5.82 Å². The summed E-state index contributed by atoms with van der Waals surface area (Å²) in [4.78, 5) is 19.2. The molecule has 0 N–H and O–H groups in total. The number of hydrogen-bond donors (Lipinski definition) is 0. The Hall–Kier alpha value is -3.24. The van der Waals surface area contributed by atoms with Crippen LogP contribution in [0.2, 0.25) is 0 Å². The molecule has 0 radical (unpaired) electrons. The first-order chi connectivity index (χ1) is 20.6. The van der Waals surface area contributed by atoms with Crippen LogP contribution in [0.4, 0.5) is 21.8 Å². The molecule has 2 aliphatic rings. The standard InChI is InChI=1S/C33H49FN8O.2CH4.H2/c1-8-10-14-40(13-9-2)32-36-24(3)19-30(37-32)39-17-15-38(16-18-39)22-26-23-41(21-25(4)43-26)28-11-12-29(33(5,6)7)42-31(28)27(34)20-35-42;;;/h8,11-12,19-20,25-26H,1,9-10,13-18,21-23H2,2-7H3;2*1H4;1H/t25-,26+;;;/m1.../s1. The Bertz CT molecular complexity index is 1400. The Morgan fingerprint density at radius 3 is 2.49 bits per heavy atom. The van der Waals surface area contributed by atoms with E-state index >= 15 is 4.39 Å². The molecule has 0 unspecified atom stereocenters. The van der Waals surface area contributed by atoms with Gasteiger partial charge in [-0.25, -0.2) is 13.9 Å². The third-order valence-corrected chi connectivity index (χ3v) is 8.40. The molecule has 2 atom stereocenters. The average Bonchev–Trinajstić information content (AvgIpc) is 3.35.